The molecule has 3 N–H and O–H groups in total. The minimum atomic E-state index is -4.62. The molecule has 1 fully saturated rings. The molecule has 2 aromatic heterocycles. The van der Waals surface area contributed by atoms with Gasteiger partial charge in [0.1, 0.15) is 19.4 Å². The van der Waals surface area contributed by atoms with Crippen molar-refractivity contribution >= 4 is 60.1 Å². The smallest absolute Gasteiger partial charge is 0.330 e. The molecule has 4 aromatic rings. The van der Waals surface area contributed by atoms with E-state index >= 15 is 0 Å². The molecule has 65 heavy (non-hydrogen) atoms. The number of aryl methyl sites for hydroxylation is 1. The van der Waals surface area contributed by atoms with Crippen LogP contribution < -0.4 is 36.2 Å². The molecule has 1 saturated heterocycles. The Labute approximate surface area is 383 Å². The average Bonchev–Trinajstić information content (AvgIpc) is 3.81. The van der Waals surface area contributed by atoms with Crippen LogP contribution in [-0.4, -0.2) is 97.1 Å². The number of carbonyl (C=O) groups excluding carboxylic acids is 2. The van der Waals surface area contributed by atoms with E-state index in [1.807, 2.05) is 25.8 Å². The number of phosphoric acid groups is 1. The van der Waals surface area contributed by atoms with E-state index in [9.17, 15) is 28.6 Å². The van der Waals surface area contributed by atoms with Gasteiger partial charge in [-0.15, -0.1) is 0 Å². The second-order valence-corrected chi connectivity index (χ2v) is 19.0. The Morgan fingerprint density at radius 1 is 1.03 bits per heavy atom. The molecule has 0 spiro atoms. The van der Waals surface area contributed by atoms with Crippen LogP contribution in [0.5, 0.6) is 0 Å². The fourth-order valence-electron chi connectivity index (χ4n) is 7.57. The topological polar surface area (TPSA) is 200 Å². The van der Waals surface area contributed by atoms with Crippen molar-refractivity contribution in [2.24, 2.45) is 7.05 Å². The first kappa shape index (κ1) is 49.5. The number of thioether (sulfide) groups is 1. The van der Waals surface area contributed by atoms with Gasteiger partial charge in [0.05, 0.1) is 46.6 Å². The second-order valence-electron chi connectivity index (χ2n) is 16.6. The molecule has 4 heterocycles. The zero-order valence-corrected chi connectivity index (χ0v) is 39.5. The van der Waals surface area contributed by atoms with Crippen LogP contribution >= 0.6 is 19.6 Å². The molecule has 17 nitrogen and oxygen atoms in total. The molecule has 350 valence electrons. The summed E-state index contributed by atoms with van der Waals surface area (Å²) in [7, 11) is -0.668. The number of rotatable bonds is 22. The number of para-hydroxylation sites is 2. The number of ether oxygens (including phenoxy) is 2. The lowest BCUT2D eigenvalue weighted by Crippen LogP contribution is -2.37. The van der Waals surface area contributed by atoms with E-state index in [-0.39, 0.29) is 24.0 Å². The quantitative estimate of drug-likeness (QED) is 0.0432. The molecule has 2 aliphatic rings. The van der Waals surface area contributed by atoms with Crippen molar-refractivity contribution in [2.45, 2.75) is 88.9 Å². The Kier molecular flexibility index (Phi) is 17.5. The van der Waals surface area contributed by atoms with E-state index in [1.165, 1.54) is 49.4 Å². The highest BCUT2D eigenvalue weighted by Gasteiger charge is 2.39. The van der Waals surface area contributed by atoms with Crippen molar-refractivity contribution in [2.75, 3.05) is 51.3 Å². The zero-order valence-electron chi connectivity index (χ0n) is 37.8. The molecule has 0 saturated carbocycles. The monoisotopic (exact) mass is 933 g/mol. The van der Waals surface area contributed by atoms with Gasteiger partial charge in [0.25, 0.3) is 13.4 Å². The van der Waals surface area contributed by atoms with Gasteiger partial charge in [-0.2, -0.15) is 0 Å². The van der Waals surface area contributed by atoms with Gasteiger partial charge < -0.3 is 43.8 Å². The average molecular weight is 934 g/mol. The zero-order chi connectivity index (χ0) is 46.7. The van der Waals surface area contributed by atoms with Crippen LogP contribution in [0.25, 0.3) is 23.1 Å². The summed E-state index contributed by atoms with van der Waals surface area (Å²) in [6.07, 6.45) is 7.03. The number of nitrogens with zero attached hydrogens (tertiary/aromatic N) is 4. The molecular formula is C46H60N7O10PS. The Morgan fingerprint density at radius 3 is 2.54 bits per heavy atom. The molecule has 4 unspecified atom stereocenters. The summed E-state index contributed by atoms with van der Waals surface area (Å²) in [6.45, 7) is 8.98. The molecule has 0 aliphatic carbocycles. The van der Waals surface area contributed by atoms with Crippen LogP contribution in [0.2, 0.25) is 0 Å². The minimum Gasteiger partial charge on any atom is -0.756 e. The third-order valence-electron chi connectivity index (χ3n) is 10.7. The summed E-state index contributed by atoms with van der Waals surface area (Å²) in [5.74, 6) is -0.454. The van der Waals surface area contributed by atoms with Crippen molar-refractivity contribution in [3.8, 4) is 0 Å². The third kappa shape index (κ3) is 14.0. The highest BCUT2D eigenvalue weighted by Crippen LogP contribution is 2.47. The normalized spacial score (nSPS) is 19.0. The number of amides is 2. The molecule has 2 aliphatic heterocycles. The first-order chi connectivity index (χ1) is 31.1. The minimum absolute atomic E-state index is 0.00580. The Bertz CT molecular complexity index is 2530. The largest absolute Gasteiger partial charge is 0.756 e. The van der Waals surface area contributed by atoms with Crippen LogP contribution in [0, 0.1) is 0 Å². The summed E-state index contributed by atoms with van der Waals surface area (Å²) >= 11 is 1.77. The molecule has 0 radical (unpaired) electrons. The van der Waals surface area contributed by atoms with Crippen molar-refractivity contribution < 1.29 is 42.1 Å². The summed E-state index contributed by atoms with van der Waals surface area (Å²) in [6, 6.07) is 19.0. The number of unbranched alkanes of at least 4 members (excludes halogenated alkanes) is 1. The van der Waals surface area contributed by atoms with Gasteiger partial charge in [0.15, 0.2) is 6.20 Å². The summed E-state index contributed by atoms with van der Waals surface area (Å²) in [4.78, 5) is 70.9. The SMILES string of the molecule is CC(C)OC1CC(n2cc(/C=C/C(=O)NCCN(C)CCNC(=O)CCCCN3/C(=C/c4cc[n+](C)c5ccccc45)Sc4ccccc43)c(=O)[nH]c2=O)OC1COP(=O)([O-])OC(C)C. The fraction of sp³-hybridized carbons (Fsp3) is 0.457. The van der Waals surface area contributed by atoms with Gasteiger partial charge in [0.2, 0.25) is 17.3 Å². The maximum Gasteiger partial charge on any atom is 0.330 e. The predicted molar refractivity (Wildman–Crippen MR) is 249 cm³/mol. The van der Waals surface area contributed by atoms with Gasteiger partial charge in [0, 0.05) is 74.9 Å². The number of anilines is 1. The standard InChI is InChI=1S/C46H60N7O10PS/c1-31(2)61-38-28-43(62-39(38)30-60-64(58,59)63-32(3)4)53-29-34(45(56)49-46(53)57)18-19-42(55)48-22-26-50(5)25-21-47-41(54)17-11-12-23-52-37-15-9-10-16-40(37)65-44(52)27-33-20-24-51(6)36-14-8-7-13-35(33)36/h7-10,13-16,18-20,24,27,29,31-32,38-39,43H,11-12,17,21-23,25-26,28,30H2,1-6H3,(H3-,47,48,49,54,55,56,57,58,59)/b19-18+. The molecular weight excluding hydrogens is 874 g/mol. The van der Waals surface area contributed by atoms with Gasteiger partial charge in [-0.05, 0) is 83.5 Å². The Balaban J connectivity index is 0.912. The number of fused-ring (bicyclic) bond motifs is 2. The number of pyridine rings is 1. The summed E-state index contributed by atoms with van der Waals surface area (Å²) in [5, 5.41) is 8.15. The van der Waals surface area contributed by atoms with E-state index in [0.717, 1.165) is 24.9 Å². The summed E-state index contributed by atoms with van der Waals surface area (Å²) < 4.78 is 37.3. The van der Waals surface area contributed by atoms with Crippen LogP contribution in [0.15, 0.2) is 92.6 Å². The second kappa shape index (κ2) is 23.0. The first-order valence-corrected chi connectivity index (χ1v) is 24.2. The summed E-state index contributed by atoms with van der Waals surface area (Å²) in [5.41, 5.74) is 2.09. The molecule has 0 bridgehead atoms. The lowest BCUT2D eigenvalue weighted by atomic mass is 10.1. The number of H-pyrrole nitrogens is 1. The Hall–Kier alpha value is -4.91. The van der Waals surface area contributed by atoms with Crippen LogP contribution in [0.1, 0.15) is 70.7 Å². The number of hydrogen-bond acceptors (Lipinski definition) is 13. The van der Waals surface area contributed by atoms with Crippen molar-refractivity contribution in [3.05, 3.63) is 110 Å². The number of nitrogens with one attached hydrogen (secondary N) is 3. The predicted octanol–water partition coefficient (Wildman–Crippen LogP) is 4.46. The molecule has 6 rings (SSSR count). The van der Waals surface area contributed by atoms with E-state index in [4.69, 9.17) is 18.5 Å². The highest BCUT2D eigenvalue weighted by molar-refractivity contribution is 8.03. The number of carbonyl (C=O) groups is 2. The van der Waals surface area contributed by atoms with Gasteiger partial charge in [-0.1, -0.05) is 36.0 Å². The van der Waals surface area contributed by atoms with Crippen LogP contribution in [0.3, 0.4) is 0 Å². The maximum absolute atomic E-state index is 12.8. The first-order valence-electron chi connectivity index (χ1n) is 21.9. The highest BCUT2D eigenvalue weighted by atomic mass is 32.2. The molecule has 2 amide bonds. The number of hydrogen-bond donors (Lipinski definition) is 3. The van der Waals surface area contributed by atoms with E-state index in [0.29, 0.717) is 32.6 Å². The number of aromatic nitrogens is 3. The van der Waals surface area contributed by atoms with Gasteiger partial charge in [-0.25, -0.2) is 9.36 Å². The third-order valence-corrected chi connectivity index (χ3v) is 13.0. The number of aromatic amines is 1. The van der Waals surface area contributed by atoms with E-state index in [2.05, 4.69) is 99.0 Å². The van der Waals surface area contributed by atoms with Gasteiger partial charge >= 0.3 is 5.69 Å². The lowest BCUT2D eigenvalue weighted by Gasteiger charge is -2.27. The van der Waals surface area contributed by atoms with Gasteiger partial charge in [-0.3, -0.25) is 28.5 Å². The molecule has 4 atom stereocenters. The fourth-order valence-corrected chi connectivity index (χ4v) is 9.62. The van der Waals surface area contributed by atoms with Crippen LogP contribution in [0.4, 0.5) is 5.69 Å². The van der Waals surface area contributed by atoms with Crippen LogP contribution in [-0.2, 0) is 39.7 Å². The lowest BCUT2D eigenvalue weighted by molar-refractivity contribution is -0.644. The maximum atomic E-state index is 12.8. The van der Waals surface area contributed by atoms with Crippen molar-refractivity contribution in [3.63, 3.8) is 0 Å². The number of phosphoric ester groups is 1. The van der Waals surface area contributed by atoms with E-state index in [1.54, 1.807) is 25.6 Å². The number of benzene rings is 2. The molecule has 2 aromatic carbocycles. The number of likely N-dealkylation sites (N-methyl/N-ethyl adjacent to an activating group) is 1. The van der Waals surface area contributed by atoms with E-state index < -0.39 is 56.1 Å². The Morgan fingerprint density at radius 2 is 1.77 bits per heavy atom. The van der Waals surface area contributed by atoms with Crippen molar-refractivity contribution in [1.29, 1.82) is 0 Å². The van der Waals surface area contributed by atoms with Crippen molar-refractivity contribution in [1.82, 2.24) is 25.1 Å². The molecule has 19 heteroatoms.